The van der Waals surface area contributed by atoms with E-state index in [2.05, 4.69) is 3.27 Å². The molecule has 0 saturated carbocycles. The molecule has 0 aromatic heterocycles. The predicted octanol–water partition coefficient (Wildman–Crippen LogP) is -2.46. The summed E-state index contributed by atoms with van der Waals surface area (Å²) in [6.45, 7) is 0. The summed E-state index contributed by atoms with van der Waals surface area (Å²) < 4.78 is 32.9. The van der Waals surface area contributed by atoms with E-state index in [9.17, 15) is 18.5 Å². The normalized spacial score (nSPS) is 10.6. The van der Waals surface area contributed by atoms with E-state index in [1.807, 2.05) is 0 Å². The van der Waals surface area contributed by atoms with Crippen molar-refractivity contribution in [3.8, 4) is 0 Å². The third-order valence-electron chi connectivity index (χ3n) is 1.51. The van der Waals surface area contributed by atoms with Crippen LogP contribution in [0.1, 0.15) is 5.56 Å². The quantitative estimate of drug-likeness (QED) is 0.273. The molecule has 0 fully saturated rings. The van der Waals surface area contributed by atoms with Gasteiger partial charge in [0.15, 0.2) is 0 Å². The van der Waals surface area contributed by atoms with Crippen LogP contribution < -0.4 is 51.4 Å². The zero-order valence-corrected chi connectivity index (χ0v) is 14.4. The van der Waals surface area contributed by atoms with Gasteiger partial charge in [-0.3, -0.25) is 0 Å². The summed E-state index contributed by atoms with van der Waals surface area (Å²) in [6.07, 6.45) is 0. The van der Waals surface area contributed by atoms with Crippen LogP contribution in [0.3, 0.4) is 0 Å². The van der Waals surface area contributed by atoms with Gasteiger partial charge in [-0.2, -0.15) is 0 Å². The van der Waals surface area contributed by atoms with Gasteiger partial charge in [0.05, 0.1) is 0 Å². The van der Waals surface area contributed by atoms with Crippen LogP contribution in [0, 0.1) is 10.1 Å². The smallest absolute Gasteiger partial charge is 1.00 e. The van der Waals surface area contributed by atoms with Gasteiger partial charge in [0.2, 0.25) is 0 Å². The van der Waals surface area contributed by atoms with Crippen molar-refractivity contribution in [1.82, 2.24) is 0 Å². The standard InChI is InChI=1S/C7H7NO6SSe.K/c9-8(10)7-3-1-6(2-4-7)5-16-14-15(11,12)13;/h1-4H,5H2,(H,11,12,13);/q;+1. The maximum Gasteiger partial charge on any atom is 1.00 e. The van der Waals surface area contributed by atoms with Gasteiger partial charge in [-0.15, -0.1) is 0 Å². The van der Waals surface area contributed by atoms with Crippen molar-refractivity contribution in [3.05, 3.63) is 39.9 Å². The fraction of sp³-hybridized carbons (Fsp3) is 0.143. The van der Waals surface area contributed by atoms with Crippen LogP contribution in [0.2, 0.25) is 0 Å². The van der Waals surface area contributed by atoms with Crippen molar-refractivity contribution in [2.45, 2.75) is 5.32 Å². The first-order chi connectivity index (χ1) is 7.38. The summed E-state index contributed by atoms with van der Waals surface area (Å²) in [6, 6.07) is 5.65. The van der Waals surface area contributed by atoms with Crippen LogP contribution in [0.25, 0.3) is 0 Å². The molecule has 0 amide bonds. The Hall–Kier alpha value is 0.646. The molecular formula is C7H7KNO6SSe+. The number of nitrogens with zero attached hydrogens (tertiary/aromatic N) is 1. The molecule has 0 bridgehead atoms. The van der Waals surface area contributed by atoms with Gasteiger partial charge in [-0.05, 0) is 0 Å². The van der Waals surface area contributed by atoms with E-state index in [-0.39, 0.29) is 57.1 Å². The number of non-ortho nitro benzene ring substituents is 1. The molecular weight excluding hydrogens is 344 g/mol. The molecule has 1 aromatic carbocycles. The monoisotopic (exact) mass is 352 g/mol. The second-order valence-electron chi connectivity index (χ2n) is 2.68. The SMILES string of the molecule is O=[N+]([O-])c1ccc(C[Se]OS(=O)(=O)O)cc1.[K+]. The zero-order valence-electron chi connectivity index (χ0n) is 8.77. The molecule has 0 radical (unpaired) electrons. The van der Waals surface area contributed by atoms with Crippen LogP contribution in [-0.2, 0) is 19.0 Å². The molecule has 0 aliphatic carbocycles. The first kappa shape index (κ1) is 17.6. The molecule has 10 heteroatoms. The van der Waals surface area contributed by atoms with Gasteiger partial charge < -0.3 is 0 Å². The first-order valence-electron chi connectivity index (χ1n) is 3.90. The molecule has 1 N–H and O–H groups in total. The van der Waals surface area contributed by atoms with Crippen LogP contribution in [0.15, 0.2) is 24.3 Å². The number of nitro benzene ring substituents is 1. The van der Waals surface area contributed by atoms with Crippen LogP contribution in [0.5, 0.6) is 0 Å². The van der Waals surface area contributed by atoms with E-state index < -0.39 is 30.6 Å². The molecule has 0 spiro atoms. The molecule has 1 rings (SSSR count). The molecule has 0 unspecified atom stereocenters. The van der Waals surface area contributed by atoms with Gasteiger partial charge in [0.1, 0.15) is 0 Å². The molecule has 0 aliphatic rings. The molecule has 0 aliphatic heterocycles. The van der Waals surface area contributed by atoms with Crippen molar-refractivity contribution >= 4 is 31.4 Å². The van der Waals surface area contributed by atoms with Gasteiger partial charge in [-0.25, -0.2) is 0 Å². The van der Waals surface area contributed by atoms with Crippen molar-refractivity contribution in [2.24, 2.45) is 0 Å². The predicted molar refractivity (Wildman–Crippen MR) is 55.2 cm³/mol. The van der Waals surface area contributed by atoms with Gasteiger partial charge >= 0.3 is 149 Å². The molecule has 0 atom stereocenters. The number of nitro groups is 1. The number of benzene rings is 1. The van der Waals surface area contributed by atoms with Gasteiger partial charge in [-0.1, -0.05) is 0 Å². The summed E-state index contributed by atoms with van der Waals surface area (Å²) in [4.78, 5) is 9.81. The van der Waals surface area contributed by atoms with Crippen molar-refractivity contribution < 1.29 is 72.5 Å². The van der Waals surface area contributed by atoms with Crippen LogP contribution >= 0.6 is 0 Å². The fourth-order valence-corrected chi connectivity index (χ4v) is 2.79. The first-order valence-corrected chi connectivity index (χ1v) is 7.18. The van der Waals surface area contributed by atoms with Crippen molar-refractivity contribution in [3.63, 3.8) is 0 Å². The molecule has 7 nitrogen and oxygen atoms in total. The molecule has 0 heterocycles. The van der Waals surface area contributed by atoms with Crippen LogP contribution in [-0.4, -0.2) is 33.2 Å². The molecule has 17 heavy (non-hydrogen) atoms. The van der Waals surface area contributed by atoms with E-state index in [1.165, 1.54) is 24.3 Å². The van der Waals surface area contributed by atoms with E-state index in [1.54, 1.807) is 0 Å². The third kappa shape index (κ3) is 7.62. The van der Waals surface area contributed by atoms with E-state index >= 15 is 0 Å². The van der Waals surface area contributed by atoms with Gasteiger partial charge in [0.25, 0.3) is 0 Å². The molecule has 0 saturated heterocycles. The molecule has 1 aromatic rings. The molecule has 88 valence electrons. The van der Waals surface area contributed by atoms with E-state index in [4.69, 9.17) is 4.55 Å². The topological polar surface area (TPSA) is 107 Å². The van der Waals surface area contributed by atoms with E-state index in [0.29, 0.717) is 10.9 Å². The minimum Gasteiger partial charge on any atom is 1.00 e. The summed E-state index contributed by atoms with van der Waals surface area (Å²) in [5.41, 5.74) is 0.668. The Morgan fingerprint density at radius 1 is 1.35 bits per heavy atom. The average molecular weight is 351 g/mol. The maximum atomic E-state index is 10.3. The zero-order chi connectivity index (χ0) is 12.2. The van der Waals surface area contributed by atoms with Crippen molar-refractivity contribution in [2.75, 3.05) is 0 Å². The maximum absolute atomic E-state index is 10.3. The third-order valence-corrected chi connectivity index (χ3v) is 4.41. The minimum atomic E-state index is -4.40. The minimum absolute atomic E-state index is 0. The average Bonchev–Trinajstić information content (AvgIpc) is 2.16. The Morgan fingerprint density at radius 2 is 1.88 bits per heavy atom. The number of hydrogen-bond donors (Lipinski definition) is 1. The number of hydrogen-bond acceptors (Lipinski definition) is 5. The van der Waals surface area contributed by atoms with Crippen molar-refractivity contribution in [1.29, 1.82) is 0 Å². The van der Waals surface area contributed by atoms with E-state index in [0.717, 1.165) is 0 Å². The summed E-state index contributed by atoms with van der Waals surface area (Å²) in [5.74, 6) is 0. The summed E-state index contributed by atoms with van der Waals surface area (Å²) in [7, 11) is -4.40. The van der Waals surface area contributed by atoms with Crippen LogP contribution in [0.4, 0.5) is 5.69 Å². The Morgan fingerprint density at radius 3 is 2.29 bits per heavy atom. The number of rotatable bonds is 5. The fourth-order valence-electron chi connectivity index (χ4n) is 0.867. The summed E-state index contributed by atoms with van der Waals surface area (Å²) >= 11 is -0.760. The largest absolute Gasteiger partial charge is 1.00 e. The Labute approximate surface area is 147 Å². The van der Waals surface area contributed by atoms with Gasteiger partial charge in [0, 0.05) is 0 Å². The Balaban J connectivity index is 0.00000256. The second kappa shape index (κ2) is 7.95. The second-order valence-corrected chi connectivity index (χ2v) is 5.63. The summed E-state index contributed by atoms with van der Waals surface area (Å²) in [5, 5.41) is 10.6. The Bertz CT molecular complexity index is 476. The Kier molecular flexibility index (Phi) is 8.25.